The monoisotopic (exact) mass is 326 g/mol. The smallest absolute Gasteiger partial charge is 0.318 e. The number of phenols is 1. The maximum absolute atomic E-state index is 11.0. The van der Waals surface area contributed by atoms with Crippen LogP contribution in [0.5, 0.6) is 17.2 Å². The van der Waals surface area contributed by atoms with E-state index in [1.54, 1.807) is 0 Å². The minimum Gasteiger partial charge on any atom is -0.502 e. The normalized spacial score (nSPS) is 10.6. The highest BCUT2D eigenvalue weighted by Gasteiger charge is 2.27. The summed E-state index contributed by atoms with van der Waals surface area (Å²) in [4.78, 5) is 22.1. The van der Waals surface area contributed by atoms with Crippen LogP contribution in [0.15, 0.2) is 12.1 Å². The largest absolute Gasteiger partial charge is 0.502 e. The number of ether oxygens (including phenoxy) is 2. The Bertz CT molecular complexity index is 510. The Hall–Kier alpha value is -2.44. The van der Waals surface area contributed by atoms with Crippen LogP contribution in [0.3, 0.4) is 0 Å². The molecule has 0 amide bonds. The molecule has 0 spiro atoms. The Morgan fingerprint density at radius 1 is 1.00 bits per heavy atom. The van der Waals surface area contributed by atoms with E-state index in [9.17, 15) is 14.7 Å². The molecule has 3 N–H and O–H groups in total. The van der Waals surface area contributed by atoms with Crippen molar-refractivity contribution in [3.05, 3.63) is 17.7 Å². The van der Waals surface area contributed by atoms with Crippen LogP contribution in [0.25, 0.3) is 0 Å². The van der Waals surface area contributed by atoms with Crippen molar-refractivity contribution in [1.82, 2.24) is 0 Å². The van der Waals surface area contributed by atoms with E-state index < -0.39 is 17.9 Å². The highest BCUT2D eigenvalue weighted by molar-refractivity contribution is 5.93. The zero-order chi connectivity index (χ0) is 17.4. The fraction of sp³-hybridized carbons (Fsp3) is 0.500. The number of aromatic hydroxyl groups is 1. The first kappa shape index (κ1) is 18.6. The van der Waals surface area contributed by atoms with Crippen LogP contribution in [0.4, 0.5) is 0 Å². The van der Waals surface area contributed by atoms with E-state index in [0.29, 0.717) is 18.8 Å². The van der Waals surface area contributed by atoms with Gasteiger partial charge in [-0.2, -0.15) is 0 Å². The maximum Gasteiger partial charge on any atom is 0.318 e. The molecule has 0 saturated carbocycles. The van der Waals surface area contributed by atoms with Gasteiger partial charge in [-0.05, 0) is 37.0 Å². The van der Waals surface area contributed by atoms with Crippen molar-refractivity contribution >= 4 is 11.9 Å². The van der Waals surface area contributed by atoms with Gasteiger partial charge in [0.05, 0.1) is 13.2 Å². The van der Waals surface area contributed by atoms with Gasteiger partial charge in [0.15, 0.2) is 17.4 Å². The van der Waals surface area contributed by atoms with Crippen LogP contribution >= 0.6 is 0 Å². The predicted molar refractivity (Wildman–Crippen MR) is 82.1 cm³/mol. The fourth-order valence-corrected chi connectivity index (χ4v) is 1.91. The van der Waals surface area contributed by atoms with Crippen molar-refractivity contribution in [2.75, 3.05) is 13.2 Å². The minimum absolute atomic E-state index is 0.157. The summed E-state index contributed by atoms with van der Waals surface area (Å²) in [5.74, 6) is -4.26. The van der Waals surface area contributed by atoms with E-state index in [1.165, 1.54) is 12.1 Å². The van der Waals surface area contributed by atoms with Crippen LogP contribution in [0.1, 0.15) is 32.3 Å². The topological polar surface area (TPSA) is 113 Å². The lowest BCUT2D eigenvalue weighted by atomic mass is 9.99. The van der Waals surface area contributed by atoms with Crippen LogP contribution in [-0.2, 0) is 16.0 Å². The van der Waals surface area contributed by atoms with E-state index in [-0.39, 0.29) is 23.7 Å². The molecule has 0 fully saturated rings. The van der Waals surface area contributed by atoms with Crippen molar-refractivity contribution in [1.29, 1.82) is 0 Å². The molecule has 0 radical (unpaired) electrons. The third-order valence-electron chi connectivity index (χ3n) is 3.06. The molecule has 1 aromatic rings. The zero-order valence-corrected chi connectivity index (χ0v) is 13.2. The second-order valence-corrected chi connectivity index (χ2v) is 5.07. The molecule has 0 aliphatic heterocycles. The number of carbonyl (C=O) groups is 2. The number of hydrogen-bond donors (Lipinski definition) is 3. The van der Waals surface area contributed by atoms with Crippen molar-refractivity contribution in [2.24, 2.45) is 5.92 Å². The summed E-state index contributed by atoms with van der Waals surface area (Å²) in [5, 5.41) is 28.1. The summed E-state index contributed by atoms with van der Waals surface area (Å²) < 4.78 is 10.8. The number of aliphatic carboxylic acids is 2. The number of hydrogen-bond acceptors (Lipinski definition) is 5. The molecule has 23 heavy (non-hydrogen) atoms. The second-order valence-electron chi connectivity index (χ2n) is 5.07. The van der Waals surface area contributed by atoms with Crippen molar-refractivity contribution in [3.8, 4) is 17.2 Å². The summed E-state index contributed by atoms with van der Waals surface area (Å²) in [6.07, 6.45) is 1.22. The van der Waals surface area contributed by atoms with Crippen molar-refractivity contribution in [2.45, 2.75) is 33.1 Å². The molecule has 0 aliphatic carbocycles. The van der Waals surface area contributed by atoms with Crippen molar-refractivity contribution < 1.29 is 34.4 Å². The van der Waals surface area contributed by atoms with Crippen LogP contribution < -0.4 is 9.47 Å². The van der Waals surface area contributed by atoms with E-state index in [2.05, 4.69) is 0 Å². The van der Waals surface area contributed by atoms with Crippen LogP contribution in [-0.4, -0.2) is 40.5 Å². The third-order valence-corrected chi connectivity index (χ3v) is 3.06. The molecule has 128 valence electrons. The maximum atomic E-state index is 11.0. The van der Waals surface area contributed by atoms with Crippen molar-refractivity contribution in [3.63, 3.8) is 0 Å². The second kappa shape index (κ2) is 8.87. The van der Waals surface area contributed by atoms with Gasteiger partial charge in [-0.15, -0.1) is 0 Å². The van der Waals surface area contributed by atoms with E-state index in [0.717, 1.165) is 12.8 Å². The summed E-state index contributed by atoms with van der Waals surface area (Å²) in [6, 6.07) is 2.89. The average Bonchev–Trinajstić information content (AvgIpc) is 2.50. The Balaban J connectivity index is 3.14. The minimum atomic E-state index is -1.57. The molecule has 7 nitrogen and oxygen atoms in total. The standard InChI is InChI=1S/C16H22O7/c1-3-5-22-12-8-10(7-11(15(18)19)16(20)21)9-13(14(12)17)23-6-4-2/h8-9,11,17H,3-7H2,1-2H3,(H,18,19)(H,20,21). The van der Waals surface area contributed by atoms with Crippen LogP contribution in [0.2, 0.25) is 0 Å². The Morgan fingerprint density at radius 3 is 1.78 bits per heavy atom. The fourth-order valence-electron chi connectivity index (χ4n) is 1.91. The molecule has 0 saturated heterocycles. The van der Waals surface area contributed by atoms with E-state index in [1.807, 2.05) is 13.8 Å². The van der Waals surface area contributed by atoms with Gasteiger partial charge >= 0.3 is 11.9 Å². The van der Waals surface area contributed by atoms with Gasteiger partial charge in [-0.3, -0.25) is 9.59 Å². The Kier molecular flexibility index (Phi) is 7.18. The first-order chi connectivity index (χ1) is 10.9. The lowest BCUT2D eigenvalue weighted by molar-refractivity contribution is -0.154. The third kappa shape index (κ3) is 5.36. The summed E-state index contributed by atoms with van der Waals surface area (Å²) >= 11 is 0. The van der Waals surface area contributed by atoms with Gasteiger partial charge < -0.3 is 24.8 Å². The molecular weight excluding hydrogens is 304 g/mol. The Labute approximate surface area is 134 Å². The number of phenolic OH excluding ortho intramolecular Hbond substituents is 1. The summed E-state index contributed by atoms with van der Waals surface area (Å²) in [5.41, 5.74) is 0.412. The van der Waals surface area contributed by atoms with Gasteiger partial charge in [0.1, 0.15) is 0 Å². The molecule has 7 heteroatoms. The molecule has 0 heterocycles. The van der Waals surface area contributed by atoms with Gasteiger partial charge in [0.2, 0.25) is 5.75 Å². The Morgan fingerprint density at radius 2 is 1.43 bits per heavy atom. The van der Waals surface area contributed by atoms with Gasteiger partial charge in [-0.25, -0.2) is 0 Å². The molecule has 0 aliphatic rings. The molecule has 0 atom stereocenters. The molecule has 0 aromatic heterocycles. The number of benzene rings is 1. The zero-order valence-electron chi connectivity index (χ0n) is 13.2. The van der Waals surface area contributed by atoms with Crippen LogP contribution in [0, 0.1) is 5.92 Å². The number of carboxylic acid groups (broad SMARTS) is 2. The van der Waals surface area contributed by atoms with Gasteiger partial charge in [-0.1, -0.05) is 13.8 Å². The van der Waals surface area contributed by atoms with Gasteiger partial charge in [0, 0.05) is 0 Å². The lowest BCUT2D eigenvalue weighted by Gasteiger charge is -2.15. The lowest BCUT2D eigenvalue weighted by Crippen LogP contribution is -2.25. The van der Waals surface area contributed by atoms with E-state index in [4.69, 9.17) is 19.7 Å². The SMILES string of the molecule is CCCOc1cc(CC(C(=O)O)C(=O)O)cc(OCCC)c1O. The predicted octanol–water partition coefficient (Wildman–Crippen LogP) is 2.30. The molecule has 1 aromatic carbocycles. The van der Waals surface area contributed by atoms with Gasteiger partial charge in [0.25, 0.3) is 0 Å². The summed E-state index contributed by atoms with van der Waals surface area (Å²) in [6.45, 7) is 4.54. The number of rotatable bonds is 10. The summed E-state index contributed by atoms with van der Waals surface area (Å²) in [7, 11) is 0. The first-order valence-electron chi connectivity index (χ1n) is 7.47. The quantitative estimate of drug-likeness (QED) is 0.565. The molecule has 1 rings (SSSR count). The first-order valence-corrected chi connectivity index (χ1v) is 7.47. The number of carboxylic acids is 2. The molecule has 0 unspecified atom stereocenters. The average molecular weight is 326 g/mol. The molecule has 0 bridgehead atoms. The van der Waals surface area contributed by atoms with E-state index >= 15 is 0 Å². The highest BCUT2D eigenvalue weighted by Crippen LogP contribution is 2.38. The highest BCUT2D eigenvalue weighted by atomic mass is 16.5. The molecular formula is C16H22O7.